The minimum absolute atomic E-state index is 0.302. The Hall–Kier alpha value is -2.34. The third-order valence-electron chi connectivity index (χ3n) is 2.30. The molecule has 6 heteroatoms. The zero-order valence-corrected chi connectivity index (χ0v) is 10.9. The van der Waals surface area contributed by atoms with Crippen LogP contribution in [0.15, 0.2) is 78.5 Å². The lowest BCUT2D eigenvalue weighted by Crippen LogP contribution is -2.10. The van der Waals surface area contributed by atoms with Crippen molar-refractivity contribution in [2.75, 3.05) is 0 Å². The number of nitrogens with zero attached hydrogens (tertiary/aromatic N) is 2. The lowest BCUT2D eigenvalue weighted by atomic mass is 10.4. The van der Waals surface area contributed by atoms with Crippen LogP contribution in [0.3, 0.4) is 0 Å². The summed E-state index contributed by atoms with van der Waals surface area (Å²) in [5, 5.41) is 0. The van der Waals surface area contributed by atoms with Crippen molar-refractivity contribution >= 4 is 10.0 Å². The topological polar surface area (TPSA) is 67.8 Å². The number of imidazole rings is 1. The quantitative estimate of drug-likeness (QED) is 0.779. The molecule has 0 atom stereocenters. The second-order valence-corrected chi connectivity index (χ2v) is 5.43. The minimum atomic E-state index is -3.38. The maximum atomic E-state index is 11.9. The molecule has 19 heavy (non-hydrogen) atoms. The van der Waals surface area contributed by atoms with Crippen molar-refractivity contribution in [3.05, 3.63) is 73.6 Å². The first-order valence-electron chi connectivity index (χ1n) is 5.57. The summed E-state index contributed by atoms with van der Waals surface area (Å²) in [7, 11) is -3.38. The second kappa shape index (κ2) is 6.01. The summed E-state index contributed by atoms with van der Waals surface area (Å²) < 4.78 is 24.9. The maximum absolute atomic E-state index is 11.9. The number of H-pyrrole nitrogens is 1. The van der Waals surface area contributed by atoms with Crippen LogP contribution in [-0.2, 0) is 10.0 Å². The first-order valence-corrected chi connectivity index (χ1v) is 7.01. The summed E-state index contributed by atoms with van der Waals surface area (Å²) in [5.41, 5.74) is 0. The van der Waals surface area contributed by atoms with Gasteiger partial charge in [0.15, 0.2) is 0 Å². The predicted molar refractivity (Wildman–Crippen MR) is 72.0 cm³/mol. The van der Waals surface area contributed by atoms with Crippen molar-refractivity contribution in [2.24, 2.45) is 0 Å². The Morgan fingerprint density at radius 1 is 1.00 bits per heavy atom. The molecule has 0 saturated carbocycles. The fraction of sp³-hybridized carbons (Fsp3) is 0. The molecular weight excluding hydrogens is 262 g/mol. The van der Waals surface area contributed by atoms with Crippen LogP contribution in [0.4, 0.5) is 0 Å². The highest BCUT2D eigenvalue weighted by Gasteiger charge is 2.13. The van der Waals surface area contributed by atoms with Crippen LogP contribution >= 0.6 is 0 Å². The average molecular weight is 275 g/mol. The van der Waals surface area contributed by atoms with Crippen molar-refractivity contribution in [1.82, 2.24) is 13.9 Å². The number of benzene rings is 1. The Kier molecular flexibility index (Phi) is 4.15. The molecule has 5 nitrogen and oxygen atoms in total. The van der Waals surface area contributed by atoms with E-state index in [0.29, 0.717) is 4.90 Å². The highest BCUT2D eigenvalue weighted by Crippen LogP contribution is 2.12. The van der Waals surface area contributed by atoms with E-state index in [1.807, 2.05) is 0 Å². The van der Waals surface area contributed by atoms with Gasteiger partial charge in [0.1, 0.15) is 0 Å². The van der Waals surface area contributed by atoms with Crippen LogP contribution in [0, 0.1) is 0 Å². The number of hydrogen-bond donors (Lipinski definition) is 1. The molecule has 0 bridgehead atoms. The molecule has 3 aromatic rings. The van der Waals surface area contributed by atoms with E-state index in [4.69, 9.17) is 0 Å². The lowest BCUT2D eigenvalue weighted by Gasteiger charge is -2.04. The minimum Gasteiger partial charge on any atom is -0.351 e. The van der Waals surface area contributed by atoms with Crippen LogP contribution in [0.1, 0.15) is 0 Å². The van der Waals surface area contributed by atoms with Crippen molar-refractivity contribution in [2.45, 2.75) is 4.90 Å². The van der Waals surface area contributed by atoms with E-state index in [9.17, 15) is 8.42 Å². The van der Waals surface area contributed by atoms with Crippen LogP contribution in [0.25, 0.3) is 0 Å². The molecule has 0 aliphatic rings. The Morgan fingerprint density at radius 3 is 2.16 bits per heavy atom. The zero-order chi connectivity index (χ0) is 13.6. The van der Waals surface area contributed by atoms with E-state index in [1.165, 1.54) is 16.4 Å². The van der Waals surface area contributed by atoms with Crippen molar-refractivity contribution in [1.29, 1.82) is 0 Å². The third-order valence-corrected chi connectivity index (χ3v) is 3.97. The van der Waals surface area contributed by atoms with Crippen LogP contribution < -0.4 is 0 Å². The number of nitrogens with one attached hydrogen (secondary N) is 1. The van der Waals surface area contributed by atoms with Crippen molar-refractivity contribution in [3.63, 3.8) is 0 Å². The largest absolute Gasteiger partial charge is 0.351 e. The van der Waals surface area contributed by atoms with E-state index >= 15 is 0 Å². The molecule has 0 aliphatic carbocycles. The molecule has 1 aromatic carbocycles. The van der Waals surface area contributed by atoms with Crippen molar-refractivity contribution < 1.29 is 8.42 Å². The SMILES string of the molecule is O=S(=O)(c1ccccc1)n1cccc1.c1c[nH]cn1. The summed E-state index contributed by atoms with van der Waals surface area (Å²) in [6, 6.07) is 11.7. The third kappa shape index (κ3) is 3.32. The summed E-state index contributed by atoms with van der Waals surface area (Å²) >= 11 is 0. The molecule has 1 N–H and O–H groups in total. The van der Waals surface area contributed by atoms with Gasteiger partial charge in [-0.25, -0.2) is 17.4 Å². The lowest BCUT2D eigenvalue weighted by molar-refractivity contribution is 0.587. The number of rotatable bonds is 2. The summed E-state index contributed by atoms with van der Waals surface area (Å²) in [6.07, 6.45) is 8.12. The molecule has 0 saturated heterocycles. The maximum Gasteiger partial charge on any atom is 0.267 e. The van der Waals surface area contributed by atoms with Gasteiger partial charge in [-0.05, 0) is 24.3 Å². The van der Waals surface area contributed by atoms with E-state index in [2.05, 4.69) is 9.97 Å². The fourth-order valence-electron chi connectivity index (χ4n) is 1.41. The van der Waals surface area contributed by atoms with Crippen LogP contribution in [0.5, 0.6) is 0 Å². The highest BCUT2D eigenvalue weighted by atomic mass is 32.2. The summed E-state index contributed by atoms with van der Waals surface area (Å²) in [6.45, 7) is 0. The Morgan fingerprint density at radius 2 is 1.68 bits per heavy atom. The highest BCUT2D eigenvalue weighted by molar-refractivity contribution is 7.90. The summed E-state index contributed by atoms with van der Waals surface area (Å²) in [4.78, 5) is 6.72. The van der Waals surface area contributed by atoms with E-state index in [0.717, 1.165) is 0 Å². The van der Waals surface area contributed by atoms with Gasteiger partial charge in [0.05, 0.1) is 11.2 Å². The van der Waals surface area contributed by atoms with E-state index in [-0.39, 0.29) is 0 Å². The standard InChI is InChI=1S/C10H9NO2S.C3H4N2/c12-14(13,11-8-4-5-9-11)10-6-2-1-3-7-10;1-2-5-3-4-1/h1-9H;1-3H,(H,4,5). The van der Waals surface area contributed by atoms with Gasteiger partial charge in [0.2, 0.25) is 0 Å². The molecule has 0 unspecified atom stereocenters. The normalized spacial score (nSPS) is 10.5. The molecule has 0 fully saturated rings. The molecule has 2 aromatic heterocycles. The van der Waals surface area contributed by atoms with Gasteiger partial charge in [0.25, 0.3) is 10.0 Å². The van der Waals surface area contributed by atoms with Gasteiger partial charge in [-0.2, -0.15) is 0 Å². The predicted octanol–water partition coefficient (Wildman–Crippen LogP) is 2.13. The monoisotopic (exact) mass is 275 g/mol. The first-order chi connectivity index (χ1) is 9.21. The Bertz CT molecular complexity index is 658. The molecule has 0 aliphatic heterocycles. The number of hydrogen-bond acceptors (Lipinski definition) is 3. The molecule has 0 spiro atoms. The van der Waals surface area contributed by atoms with Gasteiger partial charge in [-0.3, -0.25) is 0 Å². The number of aromatic nitrogens is 3. The van der Waals surface area contributed by atoms with Gasteiger partial charge in [0, 0.05) is 24.8 Å². The van der Waals surface area contributed by atoms with Crippen molar-refractivity contribution in [3.8, 4) is 0 Å². The van der Waals surface area contributed by atoms with Gasteiger partial charge in [-0.1, -0.05) is 18.2 Å². The Balaban J connectivity index is 0.000000224. The average Bonchev–Trinajstić information content (AvgIpc) is 3.15. The van der Waals surface area contributed by atoms with Crippen LogP contribution in [0.2, 0.25) is 0 Å². The molecule has 98 valence electrons. The fourth-order valence-corrected chi connectivity index (χ4v) is 2.61. The molecule has 3 rings (SSSR count). The molecule has 2 heterocycles. The molecule has 0 radical (unpaired) electrons. The molecular formula is C13H13N3O2S. The van der Waals surface area contributed by atoms with E-state index < -0.39 is 10.0 Å². The zero-order valence-electron chi connectivity index (χ0n) is 10.0. The summed E-state index contributed by atoms with van der Waals surface area (Å²) in [5.74, 6) is 0. The second-order valence-electron chi connectivity index (χ2n) is 3.59. The van der Waals surface area contributed by atoms with Gasteiger partial charge in [-0.15, -0.1) is 0 Å². The number of aromatic amines is 1. The van der Waals surface area contributed by atoms with Gasteiger partial charge >= 0.3 is 0 Å². The first kappa shape index (κ1) is 13.1. The van der Waals surface area contributed by atoms with Crippen LogP contribution in [-0.4, -0.2) is 22.4 Å². The smallest absolute Gasteiger partial charge is 0.267 e. The van der Waals surface area contributed by atoms with E-state index in [1.54, 1.807) is 61.2 Å². The molecule has 0 amide bonds. The van der Waals surface area contributed by atoms with Gasteiger partial charge < -0.3 is 4.98 Å². The Labute approximate surface area is 111 Å².